The van der Waals surface area contributed by atoms with Gasteiger partial charge in [0.2, 0.25) is 0 Å². The Balaban J connectivity index is 1.99. The molecule has 1 amide bonds. The molecule has 1 heterocycles. The van der Waals surface area contributed by atoms with Crippen LogP contribution in [0.5, 0.6) is 0 Å². The predicted octanol–water partition coefficient (Wildman–Crippen LogP) is 2.36. The van der Waals surface area contributed by atoms with Crippen molar-refractivity contribution in [1.29, 1.82) is 5.26 Å². The summed E-state index contributed by atoms with van der Waals surface area (Å²) in [5, 5.41) is 25.2. The predicted molar refractivity (Wildman–Crippen MR) is 87.4 cm³/mol. The van der Waals surface area contributed by atoms with E-state index in [-0.39, 0.29) is 22.4 Å². The van der Waals surface area contributed by atoms with E-state index in [0.717, 1.165) is 12.8 Å². The zero-order valence-corrected chi connectivity index (χ0v) is 13.4. The lowest BCUT2D eigenvalue weighted by Crippen LogP contribution is -2.32. The van der Waals surface area contributed by atoms with Crippen molar-refractivity contribution in [1.82, 2.24) is 5.32 Å². The number of nitrogens with zero attached hydrogens (tertiary/aromatic N) is 2. The highest BCUT2D eigenvalue weighted by atomic mass is 35.5. The number of nitrogens with one attached hydrogen (secondary N) is 2. The van der Waals surface area contributed by atoms with E-state index >= 15 is 0 Å². The molecule has 8 nitrogen and oxygen atoms in total. The molecular weight excluding hydrogens is 336 g/mol. The van der Waals surface area contributed by atoms with Gasteiger partial charge in [-0.25, -0.2) is 0 Å². The van der Waals surface area contributed by atoms with Gasteiger partial charge in [0.15, 0.2) is 0 Å². The van der Waals surface area contributed by atoms with Gasteiger partial charge in [0.25, 0.3) is 11.6 Å². The second kappa shape index (κ2) is 8.29. The summed E-state index contributed by atoms with van der Waals surface area (Å²) in [4.78, 5) is 22.2. The van der Waals surface area contributed by atoms with Gasteiger partial charge < -0.3 is 15.4 Å². The maximum absolute atomic E-state index is 12.0. The van der Waals surface area contributed by atoms with E-state index in [1.54, 1.807) is 6.07 Å². The van der Waals surface area contributed by atoms with Gasteiger partial charge in [0.1, 0.15) is 16.7 Å². The van der Waals surface area contributed by atoms with Crippen molar-refractivity contribution >= 4 is 28.9 Å². The molecule has 1 aromatic carbocycles. The third-order valence-corrected chi connectivity index (χ3v) is 3.72. The fourth-order valence-corrected chi connectivity index (χ4v) is 2.34. The minimum absolute atomic E-state index is 0.00402. The number of anilines is 1. The molecule has 1 aliphatic rings. The van der Waals surface area contributed by atoms with Gasteiger partial charge in [-0.1, -0.05) is 11.6 Å². The molecule has 1 fully saturated rings. The molecule has 1 atom stereocenters. The highest BCUT2D eigenvalue weighted by Crippen LogP contribution is 2.27. The standard InChI is InChI=1S/C15H15ClN4O4/c16-13-4-3-11(6-14(13)20(22)23)18-8-10(7-17)15(21)19-9-12-2-1-5-24-12/h3-4,6,8,12,18H,1-2,5,9H2,(H,19,21)/b10-8-. The zero-order chi connectivity index (χ0) is 17.5. The van der Waals surface area contributed by atoms with Crippen LogP contribution in [0.1, 0.15) is 12.8 Å². The van der Waals surface area contributed by atoms with Gasteiger partial charge in [-0.3, -0.25) is 14.9 Å². The minimum Gasteiger partial charge on any atom is -0.376 e. The van der Waals surface area contributed by atoms with Gasteiger partial charge in [0.05, 0.1) is 11.0 Å². The number of carbonyl (C=O) groups is 1. The van der Waals surface area contributed by atoms with E-state index in [1.807, 2.05) is 0 Å². The van der Waals surface area contributed by atoms with Crippen LogP contribution in [0.3, 0.4) is 0 Å². The Labute approximate surface area is 143 Å². The Bertz CT molecular complexity index is 708. The van der Waals surface area contributed by atoms with Crippen molar-refractivity contribution in [2.24, 2.45) is 0 Å². The van der Waals surface area contributed by atoms with E-state index in [9.17, 15) is 14.9 Å². The summed E-state index contributed by atoms with van der Waals surface area (Å²) in [5.74, 6) is -0.538. The largest absolute Gasteiger partial charge is 0.376 e. The summed E-state index contributed by atoms with van der Waals surface area (Å²) in [5.41, 5.74) is -0.0761. The number of ether oxygens (including phenoxy) is 1. The second-order valence-corrected chi connectivity index (χ2v) is 5.49. The summed E-state index contributed by atoms with van der Waals surface area (Å²) in [6.07, 6.45) is 3.00. The summed E-state index contributed by atoms with van der Waals surface area (Å²) >= 11 is 5.72. The first-order chi connectivity index (χ1) is 11.5. The first-order valence-electron chi connectivity index (χ1n) is 7.22. The second-order valence-electron chi connectivity index (χ2n) is 5.08. The van der Waals surface area contributed by atoms with Crippen molar-refractivity contribution in [3.05, 3.63) is 45.1 Å². The SMILES string of the molecule is N#C/C(=C/Nc1ccc(Cl)c([N+](=O)[O-])c1)C(=O)NCC1CCCO1. The van der Waals surface area contributed by atoms with Crippen molar-refractivity contribution < 1.29 is 14.5 Å². The van der Waals surface area contributed by atoms with Crippen LogP contribution in [0.15, 0.2) is 30.0 Å². The average Bonchev–Trinajstić information content (AvgIpc) is 3.08. The Morgan fingerprint density at radius 2 is 2.38 bits per heavy atom. The van der Waals surface area contributed by atoms with E-state index in [0.29, 0.717) is 18.8 Å². The number of hydrogen-bond donors (Lipinski definition) is 2. The van der Waals surface area contributed by atoms with Gasteiger partial charge >= 0.3 is 0 Å². The normalized spacial score (nSPS) is 17.2. The molecule has 9 heteroatoms. The fourth-order valence-electron chi connectivity index (χ4n) is 2.15. The van der Waals surface area contributed by atoms with E-state index in [1.165, 1.54) is 24.4 Å². The van der Waals surface area contributed by atoms with Gasteiger partial charge in [-0.2, -0.15) is 5.26 Å². The summed E-state index contributed by atoms with van der Waals surface area (Å²) < 4.78 is 5.38. The van der Waals surface area contributed by atoms with Gasteiger partial charge in [-0.05, 0) is 25.0 Å². The molecule has 0 radical (unpaired) electrons. The molecule has 0 aliphatic carbocycles. The van der Waals surface area contributed by atoms with Crippen LogP contribution in [0.4, 0.5) is 11.4 Å². The van der Waals surface area contributed by atoms with E-state index in [2.05, 4.69) is 10.6 Å². The minimum atomic E-state index is -0.614. The van der Waals surface area contributed by atoms with Crippen LogP contribution in [0.25, 0.3) is 0 Å². The average molecular weight is 351 g/mol. The topological polar surface area (TPSA) is 117 Å². The number of nitro benzene ring substituents is 1. The fraction of sp³-hybridized carbons (Fsp3) is 0.333. The van der Waals surface area contributed by atoms with Crippen LogP contribution < -0.4 is 10.6 Å². The molecule has 126 valence electrons. The monoisotopic (exact) mass is 350 g/mol. The van der Waals surface area contributed by atoms with Crippen LogP contribution in [0.2, 0.25) is 5.02 Å². The van der Waals surface area contributed by atoms with Crippen LogP contribution in [0, 0.1) is 21.4 Å². The number of hydrogen-bond acceptors (Lipinski definition) is 6. The summed E-state index contributed by atoms with van der Waals surface area (Å²) in [6, 6.07) is 5.87. The molecule has 2 N–H and O–H groups in total. The summed E-state index contributed by atoms with van der Waals surface area (Å²) in [7, 11) is 0. The van der Waals surface area contributed by atoms with Crippen molar-refractivity contribution in [3.63, 3.8) is 0 Å². The van der Waals surface area contributed by atoms with Crippen molar-refractivity contribution in [2.45, 2.75) is 18.9 Å². The Hall–Kier alpha value is -2.63. The maximum Gasteiger partial charge on any atom is 0.289 e. The van der Waals surface area contributed by atoms with Crippen molar-refractivity contribution in [3.8, 4) is 6.07 Å². The smallest absolute Gasteiger partial charge is 0.289 e. The van der Waals surface area contributed by atoms with Gasteiger partial charge in [0, 0.05) is 31.1 Å². The highest BCUT2D eigenvalue weighted by molar-refractivity contribution is 6.32. The van der Waals surface area contributed by atoms with Crippen LogP contribution in [-0.4, -0.2) is 30.1 Å². The lowest BCUT2D eigenvalue weighted by molar-refractivity contribution is -0.384. The van der Waals surface area contributed by atoms with Crippen molar-refractivity contribution in [2.75, 3.05) is 18.5 Å². The Kier molecular flexibility index (Phi) is 6.12. The lowest BCUT2D eigenvalue weighted by Gasteiger charge is -2.10. The first-order valence-corrected chi connectivity index (χ1v) is 7.59. The van der Waals surface area contributed by atoms with Crippen LogP contribution in [-0.2, 0) is 9.53 Å². The molecule has 1 saturated heterocycles. The third-order valence-electron chi connectivity index (χ3n) is 3.41. The summed E-state index contributed by atoms with van der Waals surface area (Å²) in [6.45, 7) is 1.02. The number of nitriles is 1. The molecule has 1 aromatic rings. The van der Waals surface area contributed by atoms with E-state index in [4.69, 9.17) is 21.6 Å². The zero-order valence-electron chi connectivity index (χ0n) is 12.6. The molecule has 24 heavy (non-hydrogen) atoms. The Morgan fingerprint density at radius 3 is 3.00 bits per heavy atom. The lowest BCUT2D eigenvalue weighted by atomic mass is 10.2. The molecule has 1 aliphatic heterocycles. The molecule has 0 aromatic heterocycles. The third kappa shape index (κ3) is 4.68. The molecular formula is C15H15ClN4O4. The molecule has 0 spiro atoms. The Morgan fingerprint density at radius 1 is 1.58 bits per heavy atom. The maximum atomic E-state index is 12.0. The molecule has 0 saturated carbocycles. The quantitative estimate of drug-likeness (QED) is 0.352. The van der Waals surface area contributed by atoms with E-state index < -0.39 is 10.8 Å². The molecule has 0 bridgehead atoms. The van der Waals surface area contributed by atoms with Gasteiger partial charge in [-0.15, -0.1) is 0 Å². The number of nitro groups is 1. The number of carbonyl (C=O) groups excluding carboxylic acids is 1. The number of rotatable bonds is 6. The number of benzene rings is 1. The van der Waals surface area contributed by atoms with Crippen LogP contribution >= 0.6 is 11.6 Å². The molecule has 2 rings (SSSR count). The number of amides is 1. The molecule has 1 unspecified atom stereocenters. The highest BCUT2D eigenvalue weighted by Gasteiger charge is 2.18. The first kappa shape index (κ1) is 17.7. The number of halogens is 1.